The third-order valence-corrected chi connectivity index (χ3v) is 4.90. The molecule has 0 N–H and O–H groups in total. The second-order valence-corrected chi connectivity index (χ2v) is 6.71. The lowest BCUT2D eigenvalue weighted by molar-refractivity contribution is -0.144. The van der Waals surface area contributed by atoms with Crippen LogP contribution >= 0.6 is 11.8 Å². The van der Waals surface area contributed by atoms with Crippen LogP contribution in [0.2, 0.25) is 0 Å². The molecule has 1 aliphatic heterocycles. The standard InChI is InChI=1S/C17H14F3NO5S/c1-3-24-16(23)15(8(2)22)27-14-5-10(17(18,19)20)9-4-12-13(26-7-25-12)6-11(9)21-14/h4-6,15H,3,7H2,1-2H3/t15-/m0/s1. The van der Waals surface area contributed by atoms with E-state index in [1.54, 1.807) is 6.92 Å². The highest BCUT2D eigenvalue weighted by Gasteiger charge is 2.35. The third-order valence-electron chi connectivity index (χ3n) is 3.69. The number of fused-ring (bicyclic) bond motifs is 2. The van der Waals surface area contributed by atoms with Crippen molar-refractivity contribution in [1.29, 1.82) is 0 Å². The molecule has 27 heavy (non-hydrogen) atoms. The number of halogens is 3. The smallest absolute Gasteiger partial charge is 0.417 e. The molecule has 0 spiro atoms. The van der Waals surface area contributed by atoms with E-state index in [-0.39, 0.29) is 40.8 Å². The van der Waals surface area contributed by atoms with Gasteiger partial charge < -0.3 is 14.2 Å². The first-order chi connectivity index (χ1) is 12.7. The minimum absolute atomic E-state index is 0.0164. The Bertz CT molecular complexity index is 916. The zero-order chi connectivity index (χ0) is 19.8. The molecule has 1 aromatic heterocycles. The van der Waals surface area contributed by atoms with Gasteiger partial charge in [-0.25, -0.2) is 4.98 Å². The molecule has 2 heterocycles. The number of ether oxygens (including phenoxy) is 3. The van der Waals surface area contributed by atoms with Crippen molar-refractivity contribution in [3.05, 3.63) is 23.8 Å². The van der Waals surface area contributed by atoms with Crippen molar-refractivity contribution >= 4 is 34.4 Å². The molecule has 0 fully saturated rings. The monoisotopic (exact) mass is 401 g/mol. The largest absolute Gasteiger partial charge is 0.465 e. The number of ketones is 1. The maximum absolute atomic E-state index is 13.6. The summed E-state index contributed by atoms with van der Waals surface area (Å²) in [5.41, 5.74) is -0.929. The number of rotatable bonds is 5. The van der Waals surface area contributed by atoms with Gasteiger partial charge in [0.1, 0.15) is 0 Å². The number of nitrogens with zero attached hydrogens (tertiary/aromatic N) is 1. The Balaban J connectivity index is 2.09. The Kier molecular flexibility index (Phi) is 5.18. The summed E-state index contributed by atoms with van der Waals surface area (Å²) in [6.07, 6.45) is -4.67. The highest BCUT2D eigenvalue weighted by molar-refractivity contribution is 8.01. The van der Waals surface area contributed by atoms with Gasteiger partial charge in [-0.05, 0) is 26.0 Å². The van der Waals surface area contributed by atoms with Crippen LogP contribution in [0.3, 0.4) is 0 Å². The average molecular weight is 401 g/mol. The lowest BCUT2D eigenvalue weighted by Crippen LogP contribution is -2.27. The number of esters is 1. The number of alkyl halides is 3. The summed E-state index contributed by atoms with van der Waals surface area (Å²) in [6, 6.07) is 3.37. The molecule has 0 saturated carbocycles. The zero-order valence-electron chi connectivity index (χ0n) is 14.3. The molecular formula is C17H14F3NO5S. The van der Waals surface area contributed by atoms with Crippen molar-refractivity contribution in [3.8, 4) is 11.5 Å². The van der Waals surface area contributed by atoms with Crippen LogP contribution in [0, 0.1) is 0 Å². The van der Waals surface area contributed by atoms with Gasteiger partial charge in [0.25, 0.3) is 0 Å². The first kappa shape index (κ1) is 19.3. The second kappa shape index (κ2) is 7.26. The van der Waals surface area contributed by atoms with Crippen molar-refractivity contribution in [2.45, 2.75) is 30.3 Å². The van der Waals surface area contributed by atoms with Gasteiger partial charge in [-0.2, -0.15) is 13.2 Å². The second-order valence-electron chi connectivity index (χ2n) is 5.59. The highest BCUT2D eigenvalue weighted by atomic mass is 32.2. The molecule has 1 aromatic carbocycles. The van der Waals surface area contributed by atoms with E-state index in [1.165, 1.54) is 19.1 Å². The topological polar surface area (TPSA) is 74.7 Å². The van der Waals surface area contributed by atoms with Crippen LogP contribution < -0.4 is 9.47 Å². The van der Waals surface area contributed by atoms with Crippen molar-refractivity contribution in [2.75, 3.05) is 13.4 Å². The molecule has 0 unspecified atom stereocenters. The van der Waals surface area contributed by atoms with Gasteiger partial charge in [0.15, 0.2) is 22.5 Å². The van der Waals surface area contributed by atoms with Gasteiger partial charge in [-0.15, -0.1) is 0 Å². The highest BCUT2D eigenvalue weighted by Crippen LogP contribution is 2.42. The van der Waals surface area contributed by atoms with Crippen LogP contribution in [-0.2, 0) is 20.5 Å². The Morgan fingerprint density at radius 3 is 2.52 bits per heavy atom. The number of carbonyl (C=O) groups is 2. The third kappa shape index (κ3) is 3.95. The fraction of sp³-hybridized carbons (Fsp3) is 0.353. The molecule has 1 atom stereocenters. The van der Waals surface area contributed by atoms with Crippen molar-refractivity contribution in [3.63, 3.8) is 0 Å². The maximum atomic E-state index is 13.6. The van der Waals surface area contributed by atoms with E-state index in [4.69, 9.17) is 14.2 Å². The lowest BCUT2D eigenvalue weighted by atomic mass is 10.1. The van der Waals surface area contributed by atoms with Gasteiger partial charge in [0.2, 0.25) is 6.79 Å². The van der Waals surface area contributed by atoms with Gasteiger partial charge in [0.05, 0.1) is 22.7 Å². The number of benzene rings is 1. The minimum Gasteiger partial charge on any atom is -0.465 e. The molecule has 3 rings (SSSR count). The summed E-state index contributed by atoms with van der Waals surface area (Å²) in [5.74, 6) is -0.891. The van der Waals surface area contributed by atoms with E-state index in [9.17, 15) is 22.8 Å². The summed E-state index contributed by atoms with van der Waals surface area (Å²) >= 11 is 0.616. The van der Waals surface area contributed by atoms with Crippen LogP contribution in [0.5, 0.6) is 11.5 Å². The van der Waals surface area contributed by atoms with Crippen LogP contribution in [0.1, 0.15) is 19.4 Å². The molecule has 0 amide bonds. The number of hydrogen-bond donors (Lipinski definition) is 0. The quantitative estimate of drug-likeness (QED) is 0.431. The van der Waals surface area contributed by atoms with Crippen LogP contribution in [-0.4, -0.2) is 35.4 Å². The number of Topliss-reactive ketones (excluding diaryl/α,β-unsaturated/α-hetero) is 1. The lowest BCUT2D eigenvalue weighted by Gasteiger charge is -2.15. The molecule has 0 radical (unpaired) electrons. The Morgan fingerprint density at radius 1 is 1.26 bits per heavy atom. The fourth-order valence-electron chi connectivity index (χ4n) is 2.52. The number of thioether (sulfide) groups is 1. The van der Waals surface area contributed by atoms with Gasteiger partial charge in [-0.3, -0.25) is 9.59 Å². The fourth-order valence-corrected chi connectivity index (χ4v) is 3.43. The summed E-state index contributed by atoms with van der Waals surface area (Å²) in [6.45, 7) is 2.69. The molecule has 1 aliphatic rings. The van der Waals surface area contributed by atoms with E-state index >= 15 is 0 Å². The van der Waals surface area contributed by atoms with Crippen LogP contribution in [0.15, 0.2) is 23.2 Å². The molecule has 10 heteroatoms. The van der Waals surface area contributed by atoms with E-state index in [0.29, 0.717) is 11.8 Å². The predicted octanol–water partition coefficient (Wildman–Crippen LogP) is 3.60. The van der Waals surface area contributed by atoms with E-state index in [0.717, 1.165) is 6.07 Å². The average Bonchev–Trinajstić information content (AvgIpc) is 3.03. The Labute approximate surface area is 156 Å². The van der Waals surface area contributed by atoms with Crippen molar-refractivity contribution < 1.29 is 37.0 Å². The normalized spacial score (nSPS) is 14.3. The van der Waals surface area contributed by atoms with E-state index in [2.05, 4.69) is 4.98 Å². The number of hydrogen-bond acceptors (Lipinski definition) is 7. The molecule has 6 nitrogen and oxygen atoms in total. The summed E-state index contributed by atoms with van der Waals surface area (Å²) in [5, 5.41) is -1.58. The molecule has 0 saturated heterocycles. The van der Waals surface area contributed by atoms with Gasteiger partial charge in [0, 0.05) is 11.5 Å². The maximum Gasteiger partial charge on any atom is 0.417 e. The predicted molar refractivity (Wildman–Crippen MR) is 89.8 cm³/mol. The first-order valence-corrected chi connectivity index (χ1v) is 8.74. The zero-order valence-corrected chi connectivity index (χ0v) is 15.1. The summed E-state index contributed by atoms with van der Waals surface area (Å²) in [4.78, 5) is 27.9. The molecular weight excluding hydrogens is 387 g/mol. The van der Waals surface area contributed by atoms with Gasteiger partial charge >= 0.3 is 12.1 Å². The van der Waals surface area contributed by atoms with Crippen LogP contribution in [0.25, 0.3) is 10.9 Å². The summed E-state index contributed by atoms with van der Waals surface area (Å²) in [7, 11) is 0. The Morgan fingerprint density at radius 2 is 1.93 bits per heavy atom. The molecule has 0 aliphatic carbocycles. The first-order valence-electron chi connectivity index (χ1n) is 7.86. The van der Waals surface area contributed by atoms with E-state index < -0.39 is 28.7 Å². The molecule has 0 bridgehead atoms. The van der Waals surface area contributed by atoms with Gasteiger partial charge in [-0.1, -0.05) is 11.8 Å². The van der Waals surface area contributed by atoms with Crippen molar-refractivity contribution in [2.24, 2.45) is 0 Å². The SMILES string of the molecule is CCOC(=O)[C@@H](Sc1cc(C(F)(F)F)c2cc3c(cc2n1)OCO3)C(C)=O. The molecule has 2 aromatic rings. The Hall–Kier alpha value is -2.49. The van der Waals surface area contributed by atoms with Crippen molar-refractivity contribution in [1.82, 2.24) is 4.98 Å². The summed E-state index contributed by atoms with van der Waals surface area (Å²) < 4.78 is 55.8. The number of carbonyl (C=O) groups excluding carboxylic acids is 2. The van der Waals surface area contributed by atoms with Crippen LogP contribution in [0.4, 0.5) is 13.2 Å². The molecule has 144 valence electrons. The van der Waals surface area contributed by atoms with E-state index in [1.807, 2.05) is 0 Å². The minimum atomic E-state index is -4.67. The number of aromatic nitrogens is 1. The number of pyridine rings is 1.